The highest BCUT2D eigenvalue weighted by Gasteiger charge is 2.14. The average Bonchev–Trinajstić information content (AvgIpc) is 3.51. The number of oxazole rings is 1. The van der Waals surface area contributed by atoms with E-state index in [0.717, 1.165) is 22.3 Å². The van der Waals surface area contributed by atoms with Gasteiger partial charge in [-0.05, 0) is 85.4 Å². The first-order valence-corrected chi connectivity index (χ1v) is 12.3. The third kappa shape index (κ3) is 5.59. The normalized spacial score (nSPS) is 11.2. The van der Waals surface area contributed by atoms with E-state index in [0.29, 0.717) is 38.6 Å². The van der Waals surface area contributed by atoms with E-state index < -0.39 is 5.91 Å². The summed E-state index contributed by atoms with van der Waals surface area (Å²) in [6.45, 7) is 1.93. The zero-order chi connectivity index (χ0) is 25.9. The van der Waals surface area contributed by atoms with Gasteiger partial charge in [0.25, 0.3) is 0 Å². The van der Waals surface area contributed by atoms with Gasteiger partial charge in [-0.2, -0.15) is 0 Å². The molecule has 2 heterocycles. The van der Waals surface area contributed by atoms with Gasteiger partial charge >= 0.3 is 0 Å². The van der Waals surface area contributed by atoms with Gasteiger partial charge in [-0.3, -0.25) is 10.1 Å². The van der Waals surface area contributed by atoms with Crippen LogP contribution in [0.1, 0.15) is 11.3 Å². The second-order valence-electron chi connectivity index (χ2n) is 8.07. The van der Waals surface area contributed by atoms with Gasteiger partial charge in [0.2, 0.25) is 11.8 Å². The molecule has 2 N–H and O–H groups in total. The zero-order valence-corrected chi connectivity index (χ0v) is 21.7. The van der Waals surface area contributed by atoms with Gasteiger partial charge in [-0.25, -0.2) is 4.98 Å². The monoisotopic (exact) mass is 547 g/mol. The standard InChI is InChI=1S/C28H19Cl2N3O3S/c1-16-19(27-31-23-6-2-3-8-25(23)36-27)5-4-7-22(16)32-28(37)33-26(34)14-11-18-10-13-24(35-18)20-12-9-17(29)15-21(20)30/h2-15H,1H3,(H2,32,33,34,37)/b14-11+. The molecule has 9 heteroatoms. The van der Waals surface area contributed by atoms with Gasteiger partial charge < -0.3 is 14.2 Å². The maximum atomic E-state index is 12.4. The number of furan rings is 1. The van der Waals surface area contributed by atoms with Crippen molar-refractivity contribution in [2.24, 2.45) is 0 Å². The van der Waals surface area contributed by atoms with Gasteiger partial charge in [0.15, 0.2) is 10.7 Å². The Bertz CT molecular complexity index is 1640. The van der Waals surface area contributed by atoms with E-state index in [-0.39, 0.29) is 5.11 Å². The Kier molecular flexibility index (Phi) is 7.10. The molecule has 0 bridgehead atoms. The summed E-state index contributed by atoms with van der Waals surface area (Å²) < 4.78 is 11.7. The number of anilines is 1. The average molecular weight is 548 g/mol. The molecule has 3 aromatic carbocycles. The lowest BCUT2D eigenvalue weighted by Gasteiger charge is -2.12. The summed E-state index contributed by atoms with van der Waals surface area (Å²) in [5, 5.41) is 6.87. The molecule has 5 rings (SSSR count). The minimum Gasteiger partial charge on any atom is -0.457 e. The van der Waals surface area contributed by atoms with Crippen molar-refractivity contribution >= 4 is 69.3 Å². The molecule has 0 aliphatic rings. The lowest BCUT2D eigenvalue weighted by molar-refractivity contribution is -0.115. The van der Waals surface area contributed by atoms with Crippen molar-refractivity contribution in [3.63, 3.8) is 0 Å². The molecule has 0 atom stereocenters. The van der Waals surface area contributed by atoms with Crippen LogP contribution < -0.4 is 10.6 Å². The van der Waals surface area contributed by atoms with Crippen molar-refractivity contribution in [3.8, 4) is 22.8 Å². The number of halogens is 2. The fourth-order valence-electron chi connectivity index (χ4n) is 3.73. The number of para-hydroxylation sites is 2. The van der Waals surface area contributed by atoms with E-state index >= 15 is 0 Å². The van der Waals surface area contributed by atoms with Crippen molar-refractivity contribution in [2.75, 3.05) is 5.32 Å². The predicted molar refractivity (Wildman–Crippen MR) is 152 cm³/mol. The lowest BCUT2D eigenvalue weighted by atomic mass is 10.1. The number of benzene rings is 3. The molecule has 1 amide bonds. The largest absolute Gasteiger partial charge is 0.457 e. The number of rotatable bonds is 5. The Morgan fingerprint density at radius 1 is 0.973 bits per heavy atom. The zero-order valence-electron chi connectivity index (χ0n) is 19.4. The minimum absolute atomic E-state index is 0.153. The molecule has 0 fully saturated rings. The number of fused-ring (bicyclic) bond motifs is 1. The summed E-state index contributed by atoms with van der Waals surface area (Å²) in [4.78, 5) is 17.0. The third-order valence-corrected chi connectivity index (χ3v) is 6.32. The highest BCUT2D eigenvalue weighted by Crippen LogP contribution is 2.32. The number of hydrogen-bond donors (Lipinski definition) is 2. The second kappa shape index (κ2) is 10.6. The number of thiocarbonyl (C=S) groups is 1. The molecule has 2 aromatic heterocycles. The summed E-state index contributed by atoms with van der Waals surface area (Å²) in [6.07, 6.45) is 2.88. The van der Waals surface area contributed by atoms with Crippen molar-refractivity contribution in [2.45, 2.75) is 6.92 Å². The van der Waals surface area contributed by atoms with Crippen LogP contribution in [0.5, 0.6) is 0 Å². The molecule has 0 saturated carbocycles. The van der Waals surface area contributed by atoms with Crippen molar-refractivity contribution < 1.29 is 13.6 Å². The van der Waals surface area contributed by atoms with Gasteiger partial charge in [-0.15, -0.1) is 0 Å². The van der Waals surface area contributed by atoms with Crippen LogP contribution in [0, 0.1) is 6.92 Å². The van der Waals surface area contributed by atoms with Crippen molar-refractivity contribution in [3.05, 3.63) is 100 Å². The molecule has 0 spiro atoms. The van der Waals surface area contributed by atoms with Crippen LogP contribution in [0.25, 0.3) is 40.0 Å². The predicted octanol–water partition coefficient (Wildman–Crippen LogP) is 7.90. The molecule has 5 aromatic rings. The van der Waals surface area contributed by atoms with Crippen LogP contribution in [-0.2, 0) is 4.79 Å². The van der Waals surface area contributed by atoms with E-state index in [1.54, 1.807) is 36.4 Å². The van der Waals surface area contributed by atoms with Gasteiger partial charge in [-0.1, -0.05) is 41.4 Å². The van der Waals surface area contributed by atoms with E-state index in [9.17, 15) is 4.79 Å². The molecule has 0 aliphatic heterocycles. The van der Waals surface area contributed by atoms with E-state index in [1.807, 2.05) is 49.4 Å². The quantitative estimate of drug-likeness (QED) is 0.172. The fourth-order valence-corrected chi connectivity index (χ4v) is 4.44. The fraction of sp³-hybridized carbons (Fsp3) is 0.0357. The maximum absolute atomic E-state index is 12.4. The molecule has 37 heavy (non-hydrogen) atoms. The molecule has 6 nitrogen and oxygen atoms in total. The smallest absolute Gasteiger partial charge is 0.250 e. The molecule has 0 radical (unpaired) electrons. The number of nitrogens with one attached hydrogen (secondary N) is 2. The van der Waals surface area contributed by atoms with Crippen molar-refractivity contribution in [1.29, 1.82) is 0 Å². The summed E-state index contributed by atoms with van der Waals surface area (Å²) in [6, 6.07) is 21.9. The maximum Gasteiger partial charge on any atom is 0.250 e. The SMILES string of the molecule is Cc1c(NC(=S)NC(=O)/C=C/c2ccc(-c3ccc(Cl)cc3Cl)o2)cccc1-c1nc2ccccc2o1. The molecule has 0 saturated heterocycles. The first-order valence-electron chi connectivity index (χ1n) is 11.2. The minimum atomic E-state index is -0.410. The van der Waals surface area contributed by atoms with Crippen LogP contribution in [0.4, 0.5) is 5.69 Å². The van der Waals surface area contributed by atoms with Crippen LogP contribution in [0.15, 0.2) is 87.7 Å². The van der Waals surface area contributed by atoms with Crippen LogP contribution in [0.2, 0.25) is 10.0 Å². The first-order chi connectivity index (χ1) is 17.9. The van der Waals surface area contributed by atoms with Gasteiger partial charge in [0, 0.05) is 27.9 Å². The highest BCUT2D eigenvalue weighted by atomic mass is 35.5. The summed E-state index contributed by atoms with van der Waals surface area (Å²) in [5.74, 6) is 1.15. The van der Waals surface area contributed by atoms with E-state index in [1.165, 1.54) is 6.08 Å². The Morgan fingerprint density at radius 2 is 1.81 bits per heavy atom. The summed E-state index contributed by atoms with van der Waals surface area (Å²) in [5.41, 5.74) is 4.63. The molecule has 184 valence electrons. The summed E-state index contributed by atoms with van der Waals surface area (Å²) in [7, 11) is 0. The Morgan fingerprint density at radius 3 is 2.62 bits per heavy atom. The number of carbonyl (C=O) groups excluding carboxylic acids is 1. The third-order valence-electron chi connectivity index (χ3n) is 5.57. The summed E-state index contributed by atoms with van der Waals surface area (Å²) >= 11 is 17.5. The highest BCUT2D eigenvalue weighted by molar-refractivity contribution is 7.80. The Hall–Kier alpha value is -3.91. The Labute approximate surface area is 227 Å². The van der Waals surface area contributed by atoms with Crippen LogP contribution >= 0.6 is 35.4 Å². The molecule has 0 aliphatic carbocycles. The molecule has 0 unspecified atom stereocenters. The van der Waals surface area contributed by atoms with E-state index in [4.69, 9.17) is 44.3 Å². The van der Waals surface area contributed by atoms with E-state index in [2.05, 4.69) is 15.6 Å². The Balaban J connectivity index is 1.23. The number of hydrogen-bond acceptors (Lipinski definition) is 5. The first kappa shape index (κ1) is 24.8. The number of carbonyl (C=O) groups is 1. The molecular formula is C28H19Cl2N3O3S. The van der Waals surface area contributed by atoms with Crippen molar-refractivity contribution in [1.82, 2.24) is 10.3 Å². The van der Waals surface area contributed by atoms with Gasteiger partial charge in [0.05, 0.1) is 5.02 Å². The number of nitrogens with zero attached hydrogens (tertiary/aromatic N) is 1. The number of amides is 1. The van der Waals surface area contributed by atoms with Crippen LogP contribution in [-0.4, -0.2) is 16.0 Å². The van der Waals surface area contributed by atoms with Gasteiger partial charge in [0.1, 0.15) is 17.0 Å². The lowest BCUT2D eigenvalue weighted by Crippen LogP contribution is -2.33. The number of aromatic nitrogens is 1. The topological polar surface area (TPSA) is 80.3 Å². The molecular weight excluding hydrogens is 529 g/mol. The van der Waals surface area contributed by atoms with Crippen LogP contribution in [0.3, 0.4) is 0 Å². The second-order valence-corrected chi connectivity index (χ2v) is 9.32.